The van der Waals surface area contributed by atoms with E-state index >= 15 is 0 Å². The van der Waals surface area contributed by atoms with E-state index in [4.69, 9.17) is 9.47 Å². The van der Waals surface area contributed by atoms with Crippen molar-refractivity contribution < 1.29 is 18.7 Å². The molecule has 174 valence electrons. The van der Waals surface area contributed by atoms with Crippen LogP contribution in [0, 0.1) is 5.82 Å². The second kappa shape index (κ2) is 11.5. The van der Waals surface area contributed by atoms with Crippen LogP contribution >= 0.6 is 0 Å². The van der Waals surface area contributed by atoms with Gasteiger partial charge >= 0.3 is 0 Å². The van der Waals surface area contributed by atoms with Gasteiger partial charge in [0.05, 0.1) is 7.11 Å². The van der Waals surface area contributed by atoms with Gasteiger partial charge in [-0.15, -0.1) is 0 Å². The standard InChI is InChI=1S/C27H31FN2O3/c1-5-30(6-2)17-18-33-25-16-15-24(19-26(25)32-4)29(3)27(31)22-9-7-20(8-10-22)21-11-13-23(28)14-12-21/h7-16,19H,5-6,17-18H2,1-4H3. The SMILES string of the molecule is CCN(CC)CCOc1ccc(N(C)C(=O)c2ccc(-c3ccc(F)cc3)cc2)cc1OC. The Labute approximate surface area is 195 Å². The molecule has 0 heterocycles. The molecule has 0 aromatic heterocycles. The fourth-order valence-electron chi connectivity index (χ4n) is 3.57. The molecule has 33 heavy (non-hydrogen) atoms. The molecule has 0 saturated heterocycles. The van der Waals surface area contributed by atoms with Gasteiger partial charge in [0.25, 0.3) is 5.91 Å². The van der Waals surface area contributed by atoms with E-state index in [9.17, 15) is 9.18 Å². The first-order valence-electron chi connectivity index (χ1n) is 11.1. The molecule has 0 radical (unpaired) electrons. The third-order valence-corrected chi connectivity index (χ3v) is 5.71. The van der Waals surface area contributed by atoms with Gasteiger partial charge in [-0.1, -0.05) is 38.1 Å². The predicted molar refractivity (Wildman–Crippen MR) is 131 cm³/mol. The Kier molecular flexibility index (Phi) is 8.44. The summed E-state index contributed by atoms with van der Waals surface area (Å²) in [6.45, 7) is 7.61. The summed E-state index contributed by atoms with van der Waals surface area (Å²) >= 11 is 0. The number of nitrogens with zero attached hydrogens (tertiary/aromatic N) is 2. The zero-order chi connectivity index (χ0) is 23.8. The molecule has 0 saturated carbocycles. The molecule has 0 N–H and O–H groups in total. The van der Waals surface area contributed by atoms with E-state index in [0.29, 0.717) is 29.4 Å². The average molecular weight is 451 g/mol. The summed E-state index contributed by atoms with van der Waals surface area (Å²) in [5.74, 6) is 0.817. The predicted octanol–water partition coefficient (Wildman–Crippen LogP) is 5.50. The molecule has 3 aromatic carbocycles. The van der Waals surface area contributed by atoms with E-state index in [1.54, 1.807) is 49.4 Å². The summed E-state index contributed by atoms with van der Waals surface area (Å²) in [5.41, 5.74) is 3.07. The Morgan fingerprint density at radius 3 is 2.06 bits per heavy atom. The van der Waals surface area contributed by atoms with Gasteiger partial charge in [0.2, 0.25) is 0 Å². The summed E-state index contributed by atoms with van der Waals surface area (Å²) < 4.78 is 24.6. The molecule has 0 fully saturated rings. The van der Waals surface area contributed by atoms with Crippen molar-refractivity contribution in [2.24, 2.45) is 0 Å². The van der Waals surface area contributed by atoms with Crippen LogP contribution in [0.5, 0.6) is 11.5 Å². The molecule has 0 unspecified atom stereocenters. The van der Waals surface area contributed by atoms with E-state index in [0.717, 1.165) is 30.8 Å². The molecule has 3 rings (SSSR count). The largest absolute Gasteiger partial charge is 0.493 e. The number of hydrogen-bond acceptors (Lipinski definition) is 4. The first-order valence-corrected chi connectivity index (χ1v) is 11.1. The van der Waals surface area contributed by atoms with Crippen molar-refractivity contribution in [1.29, 1.82) is 0 Å². The number of anilines is 1. The summed E-state index contributed by atoms with van der Waals surface area (Å²) in [6.07, 6.45) is 0. The smallest absolute Gasteiger partial charge is 0.258 e. The molecule has 0 spiro atoms. The second-order valence-corrected chi connectivity index (χ2v) is 7.66. The van der Waals surface area contributed by atoms with Crippen LogP contribution in [0.1, 0.15) is 24.2 Å². The van der Waals surface area contributed by atoms with Gasteiger partial charge in [-0.25, -0.2) is 4.39 Å². The molecule has 1 amide bonds. The Balaban J connectivity index is 1.69. The highest BCUT2D eigenvalue weighted by molar-refractivity contribution is 6.06. The third kappa shape index (κ3) is 6.11. The minimum atomic E-state index is -0.275. The molecule has 0 aliphatic heterocycles. The first-order chi connectivity index (χ1) is 16.0. The number of amides is 1. The number of hydrogen-bond donors (Lipinski definition) is 0. The third-order valence-electron chi connectivity index (χ3n) is 5.71. The molecule has 5 nitrogen and oxygen atoms in total. The van der Waals surface area contributed by atoms with Gasteiger partial charge in [-0.05, 0) is 60.6 Å². The number of ether oxygens (including phenoxy) is 2. The summed E-state index contributed by atoms with van der Waals surface area (Å²) in [7, 11) is 3.32. The fourth-order valence-corrected chi connectivity index (χ4v) is 3.57. The zero-order valence-electron chi connectivity index (χ0n) is 19.7. The summed E-state index contributed by atoms with van der Waals surface area (Å²) in [4.78, 5) is 16.9. The molecule has 3 aromatic rings. The van der Waals surface area contributed by atoms with E-state index < -0.39 is 0 Å². The zero-order valence-corrected chi connectivity index (χ0v) is 19.7. The number of rotatable bonds is 10. The number of methoxy groups -OCH3 is 1. The lowest BCUT2D eigenvalue weighted by Gasteiger charge is -2.21. The number of carbonyl (C=O) groups excluding carboxylic acids is 1. The number of carbonyl (C=O) groups is 1. The topological polar surface area (TPSA) is 42.0 Å². The maximum atomic E-state index is 13.2. The van der Waals surface area contributed by atoms with E-state index in [1.807, 2.05) is 24.3 Å². The molecule has 6 heteroatoms. The highest BCUT2D eigenvalue weighted by Gasteiger charge is 2.16. The Hall–Kier alpha value is -3.38. The number of likely N-dealkylation sites (N-methyl/N-ethyl adjacent to an activating group) is 1. The molecular weight excluding hydrogens is 419 g/mol. The van der Waals surface area contributed by atoms with Crippen molar-refractivity contribution >= 4 is 11.6 Å². The Morgan fingerprint density at radius 2 is 1.48 bits per heavy atom. The molecule has 0 bridgehead atoms. The van der Waals surface area contributed by atoms with Crippen molar-refractivity contribution in [3.63, 3.8) is 0 Å². The number of benzene rings is 3. The maximum absolute atomic E-state index is 13.2. The summed E-state index contributed by atoms with van der Waals surface area (Å²) in [5, 5.41) is 0. The van der Waals surface area contributed by atoms with Gasteiger partial charge < -0.3 is 19.3 Å². The van der Waals surface area contributed by atoms with Crippen LogP contribution in [-0.2, 0) is 0 Å². The summed E-state index contributed by atoms with van der Waals surface area (Å²) in [6, 6.07) is 19.0. The van der Waals surface area contributed by atoms with Crippen LogP contribution in [0.15, 0.2) is 66.7 Å². The molecule has 0 aliphatic rings. The Morgan fingerprint density at radius 1 is 0.879 bits per heavy atom. The van der Waals surface area contributed by atoms with E-state index in [2.05, 4.69) is 18.7 Å². The van der Waals surface area contributed by atoms with Crippen molar-refractivity contribution in [3.8, 4) is 22.6 Å². The number of halogens is 1. The highest BCUT2D eigenvalue weighted by atomic mass is 19.1. The van der Waals surface area contributed by atoms with Crippen molar-refractivity contribution in [1.82, 2.24) is 4.90 Å². The molecule has 0 atom stereocenters. The minimum absolute atomic E-state index is 0.141. The van der Waals surface area contributed by atoms with Crippen molar-refractivity contribution in [3.05, 3.63) is 78.1 Å². The van der Waals surface area contributed by atoms with E-state index in [-0.39, 0.29) is 11.7 Å². The highest BCUT2D eigenvalue weighted by Crippen LogP contribution is 2.32. The lowest BCUT2D eigenvalue weighted by atomic mass is 10.0. The van der Waals surface area contributed by atoms with Gasteiger partial charge in [0, 0.05) is 30.9 Å². The lowest BCUT2D eigenvalue weighted by molar-refractivity contribution is 0.0993. The van der Waals surface area contributed by atoms with Crippen LogP contribution in [-0.4, -0.2) is 51.2 Å². The van der Waals surface area contributed by atoms with Gasteiger partial charge in [-0.3, -0.25) is 4.79 Å². The lowest BCUT2D eigenvalue weighted by Crippen LogP contribution is -2.28. The second-order valence-electron chi connectivity index (χ2n) is 7.66. The average Bonchev–Trinajstić information content (AvgIpc) is 2.86. The molecule has 0 aliphatic carbocycles. The van der Waals surface area contributed by atoms with Crippen LogP contribution in [0.3, 0.4) is 0 Å². The Bertz CT molecular complexity index is 1050. The van der Waals surface area contributed by atoms with Crippen molar-refractivity contribution in [2.45, 2.75) is 13.8 Å². The van der Waals surface area contributed by atoms with Crippen LogP contribution in [0.25, 0.3) is 11.1 Å². The van der Waals surface area contributed by atoms with Gasteiger partial charge in [-0.2, -0.15) is 0 Å². The van der Waals surface area contributed by atoms with Gasteiger partial charge in [0.1, 0.15) is 12.4 Å². The van der Waals surface area contributed by atoms with Crippen LogP contribution < -0.4 is 14.4 Å². The van der Waals surface area contributed by atoms with Crippen LogP contribution in [0.2, 0.25) is 0 Å². The van der Waals surface area contributed by atoms with E-state index in [1.165, 1.54) is 12.1 Å². The minimum Gasteiger partial charge on any atom is -0.493 e. The molecular formula is C27H31FN2O3. The van der Waals surface area contributed by atoms with Gasteiger partial charge in [0.15, 0.2) is 11.5 Å². The quantitative estimate of drug-likeness (QED) is 0.409. The van der Waals surface area contributed by atoms with Crippen LogP contribution in [0.4, 0.5) is 10.1 Å². The first kappa shape index (κ1) is 24.3. The normalized spacial score (nSPS) is 10.8. The van der Waals surface area contributed by atoms with Crippen molar-refractivity contribution in [2.75, 3.05) is 45.3 Å². The maximum Gasteiger partial charge on any atom is 0.258 e. The monoisotopic (exact) mass is 450 g/mol. The fraction of sp³-hybridized carbons (Fsp3) is 0.296.